The Morgan fingerprint density at radius 1 is 0.238 bits per heavy atom. The van der Waals surface area contributed by atoms with E-state index in [0.29, 0.717) is 0 Å². The van der Waals surface area contributed by atoms with Crippen molar-refractivity contribution in [2.45, 2.75) is 233 Å². The first-order valence-electron chi connectivity index (χ1n) is 20.1. The van der Waals surface area contributed by atoms with Crippen LogP contribution in [0.25, 0.3) is 0 Å². The summed E-state index contributed by atoms with van der Waals surface area (Å²) in [5.74, 6) is 0. The lowest BCUT2D eigenvalue weighted by Gasteiger charge is -2.37. The van der Waals surface area contributed by atoms with Crippen LogP contribution in [0.15, 0.2) is 0 Å². The van der Waals surface area contributed by atoms with E-state index in [-0.39, 0.29) is 12.4 Å². The average molecular weight is 615 g/mol. The van der Waals surface area contributed by atoms with Gasteiger partial charge >= 0.3 is 0 Å². The normalized spacial score (nSPS) is 11.7. The maximum absolute atomic E-state index is 2.45. The predicted molar refractivity (Wildman–Crippen MR) is 190 cm³/mol. The summed E-state index contributed by atoms with van der Waals surface area (Å²) in [6.45, 7) is 15.1. The van der Waals surface area contributed by atoms with Gasteiger partial charge in [-0.05, 0) is 39.5 Å². The summed E-state index contributed by atoms with van der Waals surface area (Å²) < 4.78 is 1.39. The van der Waals surface area contributed by atoms with E-state index >= 15 is 0 Å². The molecule has 0 bridgehead atoms. The quantitative estimate of drug-likeness (QED) is 0.0487. The third-order valence-electron chi connectivity index (χ3n) is 10.3. The Balaban J connectivity index is 0. The summed E-state index contributed by atoms with van der Waals surface area (Å²) in [5.41, 5.74) is 0. The molecule has 0 saturated heterocycles. The van der Waals surface area contributed by atoms with Crippen molar-refractivity contribution in [1.82, 2.24) is 0 Å². The van der Waals surface area contributed by atoms with Crippen molar-refractivity contribution < 1.29 is 16.9 Å². The summed E-state index contributed by atoms with van der Waals surface area (Å²) in [7, 11) is 0. The van der Waals surface area contributed by atoms with Crippen LogP contribution in [0.4, 0.5) is 0 Å². The van der Waals surface area contributed by atoms with Crippen LogP contribution in [0, 0.1) is 0 Å². The molecule has 0 amide bonds. The van der Waals surface area contributed by atoms with Crippen LogP contribution in [-0.4, -0.2) is 30.7 Å². The number of hydrogen-bond acceptors (Lipinski definition) is 0. The maximum atomic E-state index is 2.45. The molecule has 0 aliphatic heterocycles. The molecule has 0 saturated carbocycles. The van der Waals surface area contributed by atoms with E-state index in [1.165, 1.54) is 236 Å². The lowest BCUT2D eigenvalue weighted by Crippen LogP contribution is -3.00. The summed E-state index contributed by atoms with van der Waals surface area (Å²) >= 11 is 0. The molecule has 0 atom stereocenters. The monoisotopic (exact) mass is 614 g/mol. The van der Waals surface area contributed by atoms with Crippen molar-refractivity contribution >= 4 is 0 Å². The van der Waals surface area contributed by atoms with Gasteiger partial charge in [-0.2, -0.15) is 0 Å². The van der Waals surface area contributed by atoms with Gasteiger partial charge in [-0.3, -0.25) is 0 Å². The summed E-state index contributed by atoms with van der Waals surface area (Å²) in [4.78, 5) is 0. The Kier molecular flexibility index (Phi) is 39.6. The number of nitrogens with zero attached hydrogens (tertiary/aromatic N) is 1. The summed E-state index contributed by atoms with van der Waals surface area (Å²) in [6, 6.07) is 0. The van der Waals surface area contributed by atoms with Gasteiger partial charge in [0.15, 0.2) is 0 Å². The highest BCUT2D eigenvalue weighted by molar-refractivity contribution is 4.53. The van der Waals surface area contributed by atoms with Crippen LogP contribution in [0.3, 0.4) is 0 Å². The fourth-order valence-corrected chi connectivity index (χ4v) is 6.96. The van der Waals surface area contributed by atoms with E-state index in [9.17, 15) is 0 Å². The third kappa shape index (κ3) is 31.7. The first kappa shape index (κ1) is 44.4. The van der Waals surface area contributed by atoms with Crippen molar-refractivity contribution in [3.8, 4) is 0 Å². The van der Waals surface area contributed by atoms with Crippen LogP contribution < -0.4 is 12.4 Å². The molecule has 256 valence electrons. The second-order valence-electron chi connectivity index (χ2n) is 14.0. The molecule has 0 unspecified atom stereocenters. The second-order valence-corrected chi connectivity index (χ2v) is 14.0. The fraction of sp³-hybridized carbons (Fsp3) is 1.00. The first-order chi connectivity index (χ1) is 20.2. The van der Waals surface area contributed by atoms with Crippen molar-refractivity contribution in [3.05, 3.63) is 0 Å². The van der Waals surface area contributed by atoms with E-state index in [0.717, 1.165) is 0 Å². The molecular formula is C40H84ClN. The minimum atomic E-state index is 0. The molecule has 0 aromatic heterocycles. The van der Waals surface area contributed by atoms with Gasteiger partial charge in [-0.25, -0.2) is 0 Å². The topological polar surface area (TPSA) is 0 Å². The van der Waals surface area contributed by atoms with E-state index in [4.69, 9.17) is 0 Å². The summed E-state index contributed by atoms with van der Waals surface area (Å²) in [5, 5.41) is 0. The Morgan fingerprint density at radius 2 is 0.405 bits per heavy atom. The van der Waals surface area contributed by atoms with Crippen molar-refractivity contribution in [2.24, 2.45) is 0 Å². The van der Waals surface area contributed by atoms with Gasteiger partial charge in [0.05, 0.1) is 26.2 Å². The molecule has 0 rings (SSSR count). The molecule has 0 aliphatic rings. The molecule has 0 aromatic carbocycles. The highest BCUT2D eigenvalue weighted by Crippen LogP contribution is 2.18. The third-order valence-corrected chi connectivity index (χ3v) is 10.3. The Labute approximate surface area is 275 Å². The van der Waals surface area contributed by atoms with Gasteiger partial charge < -0.3 is 16.9 Å². The van der Waals surface area contributed by atoms with E-state index in [2.05, 4.69) is 27.7 Å². The molecule has 0 spiro atoms. The summed E-state index contributed by atoms with van der Waals surface area (Å²) in [6.07, 6.45) is 47.0. The number of hydrogen-bond donors (Lipinski definition) is 0. The number of halogens is 1. The molecule has 1 nitrogen and oxygen atoms in total. The lowest BCUT2D eigenvalue weighted by molar-refractivity contribution is -0.925. The van der Waals surface area contributed by atoms with Crippen molar-refractivity contribution in [2.75, 3.05) is 26.2 Å². The van der Waals surface area contributed by atoms with Crippen LogP contribution >= 0.6 is 0 Å². The fourth-order valence-electron chi connectivity index (χ4n) is 6.96. The Hall–Kier alpha value is 0.250. The zero-order valence-electron chi connectivity index (χ0n) is 30.3. The van der Waals surface area contributed by atoms with Gasteiger partial charge in [0.1, 0.15) is 0 Å². The lowest BCUT2D eigenvalue weighted by atomic mass is 10.0. The molecule has 42 heavy (non-hydrogen) atoms. The first-order valence-corrected chi connectivity index (χ1v) is 20.1. The standard InChI is InChI=1S/C40H84N.ClH/c1-5-9-11-13-15-17-19-21-23-25-27-29-31-33-35-37-39-41(7-3,8-4)40-38-36-34-32-30-28-26-24-22-20-18-16-14-12-10-6-2;/h5-40H2,1-4H3;1H/q+1;/p-1. The smallest absolute Gasteiger partial charge is 0.0786 e. The van der Waals surface area contributed by atoms with Crippen LogP contribution in [0.5, 0.6) is 0 Å². The second kappa shape index (κ2) is 37.4. The highest BCUT2D eigenvalue weighted by Gasteiger charge is 2.21. The number of unbranched alkanes of at least 4 members (excludes halogenated alkanes) is 30. The van der Waals surface area contributed by atoms with E-state index in [1.807, 2.05) is 0 Å². The van der Waals surface area contributed by atoms with Gasteiger partial charge in [0, 0.05) is 0 Å². The average Bonchev–Trinajstić information content (AvgIpc) is 2.99. The number of rotatable bonds is 36. The van der Waals surface area contributed by atoms with Crippen LogP contribution in [0.1, 0.15) is 233 Å². The molecule has 0 aromatic rings. The largest absolute Gasteiger partial charge is 1.00 e. The van der Waals surface area contributed by atoms with E-state index < -0.39 is 0 Å². The van der Waals surface area contributed by atoms with Crippen LogP contribution in [-0.2, 0) is 0 Å². The Morgan fingerprint density at radius 3 is 0.571 bits per heavy atom. The van der Waals surface area contributed by atoms with Gasteiger partial charge in [-0.1, -0.05) is 194 Å². The van der Waals surface area contributed by atoms with Crippen molar-refractivity contribution in [3.63, 3.8) is 0 Å². The van der Waals surface area contributed by atoms with Gasteiger partial charge in [0.2, 0.25) is 0 Å². The predicted octanol–water partition coefficient (Wildman–Crippen LogP) is 11.4. The van der Waals surface area contributed by atoms with Crippen LogP contribution in [0.2, 0.25) is 0 Å². The zero-order valence-corrected chi connectivity index (χ0v) is 31.0. The van der Waals surface area contributed by atoms with E-state index in [1.54, 1.807) is 0 Å². The molecule has 0 aliphatic carbocycles. The minimum absolute atomic E-state index is 0. The minimum Gasteiger partial charge on any atom is -1.00 e. The SMILES string of the molecule is CCCCCCCCCCCCCCCCCC[N+](CC)(CC)CCCCCCCCCCCCCCCCCC.[Cl-]. The molecule has 0 heterocycles. The molecule has 2 heteroatoms. The highest BCUT2D eigenvalue weighted by atomic mass is 35.5. The van der Waals surface area contributed by atoms with Gasteiger partial charge in [-0.15, -0.1) is 0 Å². The number of quaternary nitrogens is 1. The maximum Gasteiger partial charge on any atom is 0.0786 e. The Bertz CT molecular complexity index is 423. The molecule has 0 fully saturated rings. The molecule has 0 radical (unpaired) electrons. The zero-order chi connectivity index (χ0) is 30.0. The van der Waals surface area contributed by atoms with Crippen molar-refractivity contribution in [1.29, 1.82) is 0 Å². The molecule has 0 N–H and O–H groups in total. The molecular weight excluding hydrogens is 530 g/mol. The van der Waals surface area contributed by atoms with Gasteiger partial charge in [0.25, 0.3) is 0 Å².